The fraction of sp³-hybridized carbons (Fsp3) is 0.667. The maximum Gasteiger partial charge on any atom is 0.138 e. The van der Waals surface area contributed by atoms with Crippen LogP contribution in [0.25, 0.3) is 0 Å². The molecule has 1 aromatic rings. The molecule has 0 amide bonds. The van der Waals surface area contributed by atoms with E-state index >= 15 is 0 Å². The topological polar surface area (TPSA) is 49.8 Å². The van der Waals surface area contributed by atoms with E-state index in [1.807, 2.05) is 14.0 Å². The summed E-state index contributed by atoms with van der Waals surface area (Å²) in [6, 6.07) is 0. The fourth-order valence-electron chi connectivity index (χ4n) is 1.44. The molecule has 1 heterocycles. The van der Waals surface area contributed by atoms with E-state index in [0.717, 1.165) is 29.6 Å². The first-order valence-electron chi connectivity index (χ1n) is 5.71. The molecule has 1 rings (SSSR count). The number of anilines is 2. The molecule has 0 spiro atoms. The monoisotopic (exact) mass is 222 g/mol. The normalized spacial score (nSPS) is 11.4. The quantitative estimate of drug-likeness (QED) is 0.825. The third-order valence-electron chi connectivity index (χ3n) is 2.40. The zero-order valence-corrected chi connectivity index (χ0v) is 11.1. The molecule has 0 atom stereocenters. The van der Waals surface area contributed by atoms with Crippen molar-refractivity contribution < 1.29 is 0 Å². The van der Waals surface area contributed by atoms with Crippen LogP contribution in [0.5, 0.6) is 0 Å². The van der Waals surface area contributed by atoms with Gasteiger partial charge in [-0.3, -0.25) is 0 Å². The predicted octanol–water partition coefficient (Wildman–Crippen LogP) is 2.56. The van der Waals surface area contributed by atoms with Crippen LogP contribution < -0.4 is 10.6 Å². The first-order chi connectivity index (χ1) is 7.40. The Hall–Kier alpha value is -1.32. The highest BCUT2D eigenvalue weighted by Gasteiger charge is 2.20. The van der Waals surface area contributed by atoms with E-state index in [4.69, 9.17) is 0 Å². The molecule has 16 heavy (non-hydrogen) atoms. The molecule has 0 radical (unpaired) electrons. The minimum atomic E-state index is -0.0382. The third kappa shape index (κ3) is 2.62. The lowest BCUT2D eigenvalue weighted by molar-refractivity contribution is 0.546. The SMILES string of the molecule is CCNc1nc(C(C)(C)C)nc(NC)c1C. The van der Waals surface area contributed by atoms with Crippen LogP contribution in [-0.2, 0) is 5.41 Å². The molecule has 90 valence electrons. The molecule has 0 aliphatic rings. The summed E-state index contributed by atoms with van der Waals surface area (Å²) in [4.78, 5) is 9.12. The molecule has 0 bridgehead atoms. The van der Waals surface area contributed by atoms with Crippen LogP contribution in [-0.4, -0.2) is 23.6 Å². The molecular formula is C12H22N4. The second-order valence-corrected chi connectivity index (χ2v) is 4.90. The third-order valence-corrected chi connectivity index (χ3v) is 2.40. The number of rotatable bonds is 3. The van der Waals surface area contributed by atoms with Gasteiger partial charge in [0.25, 0.3) is 0 Å². The second-order valence-electron chi connectivity index (χ2n) is 4.90. The van der Waals surface area contributed by atoms with E-state index in [1.165, 1.54) is 0 Å². The molecule has 0 aliphatic heterocycles. The van der Waals surface area contributed by atoms with Gasteiger partial charge in [-0.1, -0.05) is 20.8 Å². The highest BCUT2D eigenvalue weighted by molar-refractivity contribution is 5.57. The Bertz CT molecular complexity index is 366. The summed E-state index contributed by atoms with van der Waals surface area (Å²) < 4.78 is 0. The van der Waals surface area contributed by atoms with Gasteiger partial charge in [0, 0.05) is 24.6 Å². The number of hydrogen-bond acceptors (Lipinski definition) is 4. The maximum atomic E-state index is 4.58. The van der Waals surface area contributed by atoms with Gasteiger partial charge in [-0.25, -0.2) is 9.97 Å². The summed E-state index contributed by atoms with van der Waals surface area (Å²) >= 11 is 0. The first kappa shape index (κ1) is 12.7. The molecule has 0 unspecified atom stereocenters. The van der Waals surface area contributed by atoms with E-state index < -0.39 is 0 Å². The molecular weight excluding hydrogens is 200 g/mol. The summed E-state index contributed by atoms with van der Waals surface area (Å²) in [7, 11) is 1.89. The van der Waals surface area contributed by atoms with Gasteiger partial charge in [-0.05, 0) is 13.8 Å². The standard InChI is InChI=1S/C12H22N4/c1-7-14-10-8(2)9(13-6)15-11(16-10)12(3,4)5/h7H2,1-6H3,(H2,13,14,15,16). The summed E-state index contributed by atoms with van der Waals surface area (Å²) in [6.45, 7) is 11.3. The van der Waals surface area contributed by atoms with Crippen molar-refractivity contribution in [2.24, 2.45) is 0 Å². The van der Waals surface area contributed by atoms with Crippen molar-refractivity contribution in [2.45, 2.75) is 40.0 Å². The average Bonchev–Trinajstić information content (AvgIpc) is 2.19. The van der Waals surface area contributed by atoms with Crippen molar-refractivity contribution in [3.8, 4) is 0 Å². The lowest BCUT2D eigenvalue weighted by Crippen LogP contribution is -2.19. The largest absolute Gasteiger partial charge is 0.373 e. The van der Waals surface area contributed by atoms with Crippen LogP contribution in [0.4, 0.5) is 11.6 Å². The van der Waals surface area contributed by atoms with E-state index in [9.17, 15) is 0 Å². The van der Waals surface area contributed by atoms with Crippen LogP contribution in [0.3, 0.4) is 0 Å². The average molecular weight is 222 g/mol. The van der Waals surface area contributed by atoms with Crippen molar-refractivity contribution in [3.05, 3.63) is 11.4 Å². The van der Waals surface area contributed by atoms with Crippen molar-refractivity contribution >= 4 is 11.6 Å². The second kappa shape index (κ2) is 4.68. The van der Waals surface area contributed by atoms with E-state index in [-0.39, 0.29) is 5.41 Å². The molecule has 0 saturated carbocycles. The van der Waals surface area contributed by atoms with Crippen LogP contribution >= 0.6 is 0 Å². The maximum absolute atomic E-state index is 4.58. The molecule has 0 saturated heterocycles. The van der Waals surface area contributed by atoms with E-state index in [0.29, 0.717) is 0 Å². The predicted molar refractivity (Wildman–Crippen MR) is 69.2 cm³/mol. The van der Waals surface area contributed by atoms with E-state index in [2.05, 4.69) is 48.3 Å². The fourth-order valence-corrected chi connectivity index (χ4v) is 1.44. The van der Waals surface area contributed by atoms with Crippen molar-refractivity contribution in [2.75, 3.05) is 24.2 Å². The minimum absolute atomic E-state index is 0.0382. The smallest absolute Gasteiger partial charge is 0.138 e. The van der Waals surface area contributed by atoms with Crippen LogP contribution in [0.1, 0.15) is 39.1 Å². The zero-order chi connectivity index (χ0) is 12.3. The minimum Gasteiger partial charge on any atom is -0.373 e. The van der Waals surface area contributed by atoms with Gasteiger partial charge in [0.15, 0.2) is 0 Å². The molecule has 0 fully saturated rings. The molecule has 0 aromatic carbocycles. The number of hydrogen-bond donors (Lipinski definition) is 2. The van der Waals surface area contributed by atoms with Crippen LogP contribution in [0.2, 0.25) is 0 Å². The van der Waals surface area contributed by atoms with Gasteiger partial charge in [-0.15, -0.1) is 0 Å². The Balaban J connectivity index is 3.28. The van der Waals surface area contributed by atoms with Crippen molar-refractivity contribution in [1.29, 1.82) is 0 Å². The number of aromatic nitrogens is 2. The highest BCUT2D eigenvalue weighted by Crippen LogP contribution is 2.25. The molecule has 4 nitrogen and oxygen atoms in total. The Morgan fingerprint density at radius 3 is 2.12 bits per heavy atom. The van der Waals surface area contributed by atoms with Crippen LogP contribution in [0, 0.1) is 6.92 Å². The first-order valence-corrected chi connectivity index (χ1v) is 5.71. The summed E-state index contributed by atoms with van der Waals surface area (Å²) in [5, 5.41) is 6.39. The van der Waals surface area contributed by atoms with Gasteiger partial charge in [0.1, 0.15) is 17.5 Å². The zero-order valence-electron chi connectivity index (χ0n) is 11.1. The lowest BCUT2D eigenvalue weighted by Gasteiger charge is -2.20. The molecule has 1 aromatic heterocycles. The van der Waals surface area contributed by atoms with Crippen molar-refractivity contribution in [1.82, 2.24) is 9.97 Å². The Kier molecular flexibility index (Phi) is 3.73. The van der Waals surface area contributed by atoms with Crippen molar-refractivity contribution in [3.63, 3.8) is 0 Å². The summed E-state index contributed by atoms with van der Waals surface area (Å²) in [5.41, 5.74) is 1.03. The lowest BCUT2D eigenvalue weighted by atomic mass is 9.95. The highest BCUT2D eigenvalue weighted by atomic mass is 15.1. The molecule has 2 N–H and O–H groups in total. The summed E-state index contributed by atoms with van der Waals surface area (Å²) in [5.74, 6) is 2.68. The van der Waals surface area contributed by atoms with Gasteiger partial charge in [0.2, 0.25) is 0 Å². The van der Waals surface area contributed by atoms with Gasteiger partial charge in [-0.2, -0.15) is 0 Å². The Morgan fingerprint density at radius 1 is 1.12 bits per heavy atom. The molecule has 0 aliphatic carbocycles. The van der Waals surface area contributed by atoms with Gasteiger partial charge >= 0.3 is 0 Å². The van der Waals surface area contributed by atoms with E-state index in [1.54, 1.807) is 0 Å². The Morgan fingerprint density at radius 2 is 1.69 bits per heavy atom. The van der Waals surface area contributed by atoms with Gasteiger partial charge in [0.05, 0.1) is 0 Å². The Labute approximate surface area is 97.9 Å². The van der Waals surface area contributed by atoms with Crippen LogP contribution in [0.15, 0.2) is 0 Å². The number of nitrogens with one attached hydrogen (secondary N) is 2. The summed E-state index contributed by atoms with van der Waals surface area (Å²) in [6.07, 6.45) is 0. The molecule has 4 heteroatoms. The van der Waals surface area contributed by atoms with Gasteiger partial charge < -0.3 is 10.6 Å². The number of nitrogens with zero attached hydrogens (tertiary/aromatic N) is 2.